The van der Waals surface area contributed by atoms with Gasteiger partial charge in [0.05, 0.1) is 0 Å². The molecule has 0 radical (unpaired) electrons. The minimum absolute atomic E-state index is 0.537. The van der Waals surface area contributed by atoms with E-state index in [2.05, 4.69) is 45.6 Å². The quantitative estimate of drug-likeness (QED) is 0.597. The summed E-state index contributed by atoms with van der Waals surface area (Å²) in [4.78, 5) is 0. The minimum Gasteiger partial charge on any atom is -0.399 e. The van der Waals surface area contributed by atoms with Crippen LogP contribution < -0.4 is 5.73 Å². The third-order valence-electron chi connectivity index (χ3n) is 2.76. The van der Waals surface area contributed by atoms with Crippen molar-refractivity contribution >= 4 is 11.3 Å². The molecule has 0 aliphatic heterocycles. The topological polar surface area (TPSA) is 26.0 Å². The summed E-state index contributed by atoms with van der Waals surface area (Å²) < 4.78 is 0. The van der Waals surface area contributed by atoms with Crippen molar-refractivity contribution in [3.63, 3.8) is 0 Å². The number of anilines is 1. The lowest BCUT2D eigenvalue weighted by molar-refractivity contribution is 0.790. The maximum atomic E-state index is 5.65. The van der Waals surface area contributed by atoms with Gasteiger partial charge in [-0.1, -0.05) is 50.8 Å². The second-order valence-electron chi connectivity index (χ2n) is 4.42. The Balaban J connectivity index is 2.79. The highest BCUT2D eigenvalue weighted by Gasteiger charge is 1.98. The van der Waals surface area contributed by atoms with Crippen LogP contribution in [0.2, 0.25) is 0 Å². The highest BCUT2D eigenvalue weighted by molar-refractivity contribution is 5.73. The van der Waals surface area contributed by atoms with Crippen LogP contribution in [0.5, 0.6) is 0 Å². The molecule has 0 fully saturated rings. The summed E-state index contributed by atoms with van der Waals surface area (Å²) in [6, 6.07) is 7.78. The SMILES string of the molecule is C=C(/C=C\C(=C/C)C(C)C)c1ccc(N)cc1. The molecule has 0 aliphatic rings. The molecule has 2 N–H and O–H groups in total. The maximum absolute atomic E-state index is 5.65. The summed E-state index contributed by atoms with van der Waals surface area (Å²) in [5.74, 6) is 0.537. The lowest BCUT2D eigenvalue weighted by atomic mass is 10.00. The van der Waals surface area contributed by atoms with E-state index in [1.165, 1.54) is 5.57 Å². The molecule has 1 aromatic rings. The first-order chi connectivity index (χ1) is 8.04. The third kappa shape index (κ3) is 3.95. The molecule has 1 aromatic carbocycles. The Labute approximate surface area is 104 Å². The van der Waals surface area contributed by atoms with Gasteiger partial charge in [0.25, 0.3) is 0 Å². The van der Waals surface area contributed by atoms with Gasteiger partial charge in [0.2, 0.25) is 0 Å². The van der Waals surface area contributed by atoms with Crippen molar-refractivity contribution in [1.82, 2.24) is 0 Å². The van der Waals surface area contributed by atoms with E-state index in [4.69, 9.17) is 5.73 Å². The molecule has 0 atom stereocenters. The number of rotatable bonds is 4. The molecule has 17 heavy (non-hydrogen) atoms. The Bertz CT molecular complexity index is 433. The van der Waals surface area contributed by atoms with Gasteiger partial charge in [-0.25, -0.2) is 0 Å². The van der Waals surface area contributed by atoms with Gasteiger partial charge in [-0.15, -0.1) is 0 Å². The Morgan fingerprint density at radius 3 is 2.24 bits per heavy atom. The number of benzene rings is 1. The number of allylic oxidation sites excluding steroid dienone is 5. The van der Waals surface area contributed by atoms with E-state index in [9.17, 15) is 0 Å². The van der Waals surface area contributed by atoms with Gasteiger partial charge in [0, 0.05) is 5.69 Å². The molecule has 0 unspecified atom stereocenters. The molecule has 1 nitrogen and oxygen atoms in total. The van der Waals surface area contributed by atoms with Crippen LogP contribution in [-0.4, -0.2) is 0 Å². The highest BCUT2D eigenvalue weighted by atomic mass is 14.5. The smallest absolute Gasteiger partial charge is 0.0314 e. The van der Waals surface area contributed by atoms with Crippen LogP contribution in [0.15, 0.2) is 54.6 Å². The van der Waals surface area contributed by atoms with Gasteiger partial charge >= 0.3 is 0 Å². The lowest BCUT2D eigenvalue weighted by Crippen LogP contribution is -1.90. The summed E-state index contributed by atoms with van der Waals surface area (Å²) >= 11 is 0. The van der Waals surface area contributed by atoms with Crippen molar-refractivity contribution in [3.05, 3.63) is 60.2 Å². The van der Waals surface area contributed by atoms with Crippen molar-refractivity contribution in [2.45, 2.75) is 20.8 Å². The van der Waals surface area contributed by atoms with Crippen molar-refractivity contribution in [1.29, 1.82) is 0 Å². The van der Waals surface area contributed by atoms with E-state index in [-0.39, 0.29) is 0 Å². The number of hydrogen-bond acceptors (Lipinski definition) is 1. The van der Waals surface area contributed by atoms with E-state index in [0.29, 0.717) is 5.92 Å². The molecule has 0 aromatic heterocycles. The van der Waals surface area contributed by atoms with Gasteiger partial charge in [-0.3, -0.25) is 0 Å². The van der Waals surface area contributed by atoms with E-state index in [0.717, 1.165) is 16.8 Å². The Hall–Kier alpha value is -1.76. The predicted octanol–water partition coefficient (Wildman–Crippen LogP) is 4.44. The minimum atomic E-state index is 0.537. The molecule has 0 saturated carbocycles. The first kappa shape index (κ1) is 13.3. The van der Waals surface area contributed by atoms with Gasteiger partial charge in [-0.2, -0.15) is 0 Å². The first-order valence-electron chi connectivity index (χ1n) is 5.93. The Morgan fingerprint density at radius 2 is 1.76 bits per heavy atom. The second-order valence-corrected chi connectivity index (χ2v) is 4.42. The zero-order valence-electron chi connectivity index (χ0n) is 10.9. The van der Waals surface area contributed by atoms with E-state index < -0.39 is 0 Å². The number of nitrogen functional groups attached to an aromatic ring is 1. The van der Waals surface area contributed by atoms with Crippen LogP contribution >= 0.6 is 0 Å². The third-order valence-corrected chi connectivity index (χ3v) is 2.76. The fourth-order valence-corrected chi connectivity index (χ4v) is 1.61. The molecule has 1 rings (SSSR count). The van der Waals surface area contributed by atoms with E-state index in [1.807, 2.05) is 24.3 Å². The normalized spacial score (nSPS) is 12.4. The summed E-state index contributed by atoms with van der Waals surface area (Å²) in [6.45, 7) is 10.5. The zero-order valence-corrected chi connectivity index (χ0v) is 10.9. The van der Waals surface area contributed by atoms with Crippen molar-refractivity contribution in [3.8, 4) is 0 Å². The summed E-state index contributed by atoms with van der Waals surface area (Å²) in [6.07, 6.45) is 6.32. The van der Waals surface area contributed by atoms with Crippen molar-refractivity contribution in [2.75, 3.05) is 5.73 Å². The fourth-order valence-electron chi connectivity index (χ4n) is 1.61. The molecule has 0 saturated heterocycles. The maximum Gasteiger partial charge on any atom is 0.0314 e. The molecule has 0 spiro atoms. The summed E-state index contributed by atoms with van der Waals surface area (Å²) in [5.41, 5.74) is 9.86. The lowest BCUT2D eigenvalue weighted by Gasteiger charge is -2.06. The zero-order chi connectivity index (χ0) is 12.8. The summed E-state index contributed by atoms with van der Waals surface area (Å²) in [5, 5.41) is 0. The van der Waals surface area contributed by atoms with Crippen LogP contribution in [0.3, 0.4) is 0 Å². The largest absolute Gasteiger partial charge is 0.399 e. The van der Waals surface area contributed by atoms with Crippen LogP contribution in [0.25, 0.3) is 5.57 Å². The average molecular weight is 227 g/mol. The predicted molar refractivity (Wildman–Crippen MR) is 77.6 cm³/mol. The van der Waals surface area contributed by atoms with E-state index in [1.54, 1.807) is 0 Å². The molecule has 0 aliphatic carbocycles. The summed E-state index contributed by atoms with van der Waals surface area (Å²) in [7, 11) is 0. The molecule has 90 valence electrons. The van der Waals surface area contributed by atoms with Gasteiger partial charge < -0.3 is 5.73 Å². The number of nitrogens with two attached hydrogens (primary N) is 1. The van der Waals surface area contributed by atoms with Crippen LogP contribution in [-0.2, 0) is 0 Å². The Morgan fingerprint density at radius 1 is 1.18 bits per heavy atom. The fraction of sp³-hybridized carbons (Fsp3) is 0.250. The van der Waals surface area contributed by atoms with E-state index >= 15 is 0 Å². The molecular formula is C16H21N. The monoisotopic (exact) mass is 227 g/mol. The van der Waals surface area contributed by atoms with Crippen LogP contribution in [0, 0.1) is 5.92 Å². The van der Waals surface area contributed by atoms with Crippen molar-refractivity contribution in [2.24, 2.45) is 5.92 Å². The first-order valence-corrected chi connectivity index (χ1v) is 5.93. The standard InChI is InChI=1S/C16H21N/c1-5-14(12(2)3)7-6-13(4)15-8-10-16(17)11-9-15/h5-12H,4,17H2,1-3H3/b7-6-,14-5+. The Kier molecular flexibility index (Phi) is 4.77. The molecule has 0 amide bonds. The van der Waals surface area contributed by atoms with Crippen LogP contribution in [0.1, 0.15) is 26.3 Å². The average Bonchev–Trinajstić information content (AvgIpc) is 2.30. The van der Waals surface area contributed by atoms with Crippen molar-refractivity contribution < 1.29 is 0 Å². The molecule has 0 heterocycles. The molecular weight excluding hydrogens is 206 g/mol. The van der Waals surface area contributed by atoms with Gasteiger partial charge in [0.1, 0.15) is 0 Å². The molecule has 1 heteroatoms. The molecule has 0 bridgehead atoms. The highest BCUT2D eigenvalue weighted by Crippen LogP contribution is 2.18. The van der Waals surface area contributed by atoms with Crippen LogP contribution in [0.4, 0.5) is 5.69 Å². The van der Waals surface area contributed by atoms with Gasteiger partial charge in [0.15, 0.2) is 0 Å². The number of hydrogen-bond donors (Lipinski definition) is 1. The van der Waals surface area contributed by atoms with Gasteiger partial charge in [-0.05, 0) is 41.7 Å². The second kappa shape index (κ2) is 6.09.